The summed E-state index contributed by atoms with van der Waals surface area (Å²) >= 11 is 0. The molecule has 0 saturated heterocycles. The van der Waals surface area contributed by atoms with Gasteiger partial charge in [-0.3, -0.25) is 9.59 Å². The molecule has 0 heterocycles. The molecule has 23 heavy (non-hydrogen) atoms. The van der Waals surface area contributed by atoms with Crippen LogP contribution in [-0.4, -0.2) is 38.2 Å². The van der Waals surface area contributed by atoms with E-state index in [1.807, 2.05) is 0 Å². The fourth-order valence-corrected chi connectivity index (χ4v) is 2.14. The van der Waals surface area contributed by atoms with Crippen LogP contribution in [0, 0.1) is 0 Å². The lowest BCUT2D eigenvalue weighted by atomic mass is 9.94. The van der Waals surface area contributed by atoms with Crippen LogP contribution in [0.2, 0.25) is 0 Å². The first kappa shape index (κ1) is 16.3. The topological polar surface area (TPSA) is 141 Å². The number of hydrogen-bond donors (Lipinski definition) is 5. The van der Waals surface area contributed by atoms with Gasteiger partial charge in [0.15, 0.2) is 5.78 Å². The molecule has 6 N–H and O–H groups in total. The van der Waals surface area contributed by atoms with Gasteiger partial charge in [0.2, 0.25) is 0 Å². The van der Waals surface area contributed by atoms with E-state index < -0.39 is 23.5 Å². The molecule has 0 fully saturated rings. The molecule has 0 aliphatic carbocycles. The van der Waals surface area contributed by atoms with Crippen molar-refractivity contribution in [3.05, 3.63) is 53.1 Å². The van der Waals surface area contributed by atoms with E-state index in [1.165, 1.54) is 30.3 Å². The number of phenolic OH excluding ortho intramolecular Hbond substituents is 3. The second kappa shape index (κ2) is 6.37. The quantitative estimate of drug-likeness (QED) is 0.518. The number of nitrogens with two attached hydrogens (primary N) is 1. The molecule has 120 valence electrons. The number of aromatic hydroxyl groups is 3. The lowest BCUT2D eigenvalue weighted by molar-refractivity contribution is -0.138. The zero-order valence-electron chi connectivity index (χ0n) is 11.9. The maximum absolute atomic E-state index is 12.6. The summed E-state index contributed by atoms with van der Waals surface area (Å²) in [6.45, 7) is 0. The van der Waals surface area contributed by atoms with Crippen molar-refractivity contribution in [2.24, 2.45) is 5.73 Å². The predicted molar refractivity (Wildman–Crippen MR) is 80.6 cm³/mol. The molecule has 0 radical (unpaired) electrons. The number of carbonyl (C=O) groups excluding carboxylic acids is 1. The summed E-state index contributed by atoms with van der Waals surface area (Å²) in [6, 6.07) is 6.17. The van der Waals surface area contributed by atoms with E-state index in [4.69, 9.17) is 10.8 Å². The average Bonchev–Trinajstić information content (AvgIpc) is 2.48. The summed E-state index contributed by atoms with van der Waals surface area (Å²) < 4.78 is 0. The van der Waals surface area contributed by atoms with Crippen molar-refractivity contribution in [3.63, 3.8) is 0 Å². The van der Waals surface area contributed by atoms with Gasteiger partial charge in [0, 0.05) is 11.6 Å². The number of aliphatic carboxylic acids is 1. The highest BCUT2D eigenvalue weighted by Gasteiger charge is 2.21. The maximum Gasteiger partial charge on any atom is 0.320 e. The molecule has 1 atom stereocenters. The summed E-state index contributed by atoms with van der Waals surface area (Å²) in [5, 5.41) is 37.5. The van der Waals surface area contributed by atoms with Gasteiger partial charge >= 0.3 is 5.97 Å². The van der Waals surface area contributed by atoms with Crippen LogP contribution in [0.4, 0.5) is 0 Å². The molecule has 0 aliphatic heterocycles. The Hall–Kier alpha value is -3.06. The van der Waals surface area contributed by atoms with Gasteiger partial charge in [0.05, 0.1) is 5.56 Å². The Morgan fingerprint density at radius 3 is 2.17 bits per heavy atom. The van der Waals surface area contributed by atoms with Crippen molar-refractivity contribution >= 4 is 11.8 Å². The zero-order chi connectivity index (χ0) is 17.1. The summed E-state index contributed by atoms with van der Waals surface area (Å²) in [5.74, 6) is -2.65. The Kier molecular flexibility index (Phi) is 4.52. The van der Waals surface area contributed by atoms with Crippen molar-refractivity contribution in [1.29, 1.82) is 0 Å². The third-order valence-electron chi connectivity index (χ3n) is 3.32. The van der Waals surface area contributed by atoms with Crippen LogP contribution in [0.5, 0.6) is 17.2 Å². The normalized spacial score (nSPS) is 11.9. The summed E-state index contributed by atoms with van der Waals surface area (Å²) in [5.41, 5.74) is 5.76. The number of carboxylic acid groups (broad SMARTS) is 1. The van der Waals surface area contributed by atoms with Gasteiger partial charge < -0.3 is 26.2 Å². The zero-order valence-corrected chi connectivity index (χ0v) is 11.9. The van der Waals surface area contributed by atoms with Gasteiger partial charge in [-0.15, -0.1) is 0 Å². The molecule has 0 aliphatic rings. The molecule has 1 unspecified atom stereocenters. The van der Waals surface area contributed by atoms with E-state index in [9.17, 15) is 24.9 Å². The van der Waals surface area contributed by atoms with Crippen LogP contribution in [0.15, 0.2) is 36.4 Å². The van der Waals surface area contributed by atoms with E-state index in [0.29, 0.717) is 5.56 Å². The minimum absolute atomic E-state index is 0.0303. The average molecular weight is 317 g/mol. The van der Waals surface area contributed by atoms with E-state index in [-0.39, 0.29) is 29.0 Å². The van der Waals surface area contributed by atoms with Gasteiger partial charge in [-0.25, -0.2) is 0 Å². The van der Waals surface area contributed by atoms with Gasteiger partial charge in [0.25, 0.3) is 0 Å². The van der Waals surface area contributed by atoms with Crippen LogP contribution < -0.4 is 5.73 Å². The molecule has 0 bridgehead atoms. The van der Waals surface area contributed by atoms with Crippen LogP contribution >= 0.6 is 0 Å². The largest absolute Gasteiger partial charge is 0.508 e. The molecule has 2 rings (SSSR count). The number of ketones is 1. The Balaban J connectivity index is 2.46. The Morgan fingerprint density at radius 2 is 1.57 bits per heavy atom. The lowest BCUT2D eigenvalue weighted by Crippen LogP contribution is -2.32. The smallest absolute Gasteiger partial charge is 0.320 e. The Labute approximate surface area is 131 Å². The van der Waals surface area contributed by atoms with Crippen LogP contribution in [-0.2, 0) is 11.2 Å². The van der Waals surface area contributed by atoms with Crippen molar-refractivity contribution in [1.82, 2.24) is 0 Å². The monoisotopic (exact) mass is 317 g/mol. The summed E-state index contributed by atoms with van der Waals surface area (Å²) in [7, 11) is 0. The van der Waals surface area contributed by atoms with Crippen LogP contribution in [0.25, 0.3) is 0 Å². The van der Waals surface area contributed by atoms with Gasteiger partial charge in [0.1, 0.15) is 23.3 Å². The van der Waals surface area contributed by atoms with Crippen molar-refractivity contribution in [3.8, 4) is 17.2 Å². The highest BCUT2D eigenvalue weighted by molar-refractivity contribution is 6.11. The van der Waals surface area contributed by atoms with Crippen LogP contribution in [0.3, 0.4) is 0 Å². The fourth-order valence-electron chi connectivity index (χ4n) is 2.14. The third kappa shape index (κ3) is 3.58. The highest BCUT2D eigenvalue weighted by Crippen LogP contribution is 2.28. The molecule has 2 aromatic carbocycles. The summed E-state index contributed by atoms with van der Waals surface area (Å²) in [4.78, 5) is 23.4. The standard InChI is InChI=1S/C16H15NO6/c17-13(16(22)23)5-8-1-2-9(18)6-12(8)15(21)11-4-3-10(19)7-14(11)20/h1-4,6-7,13,18-20H,5,17H2,(H,22,23). The molecule has 7 nitrogen and oxygen atoms in total. The van der Waals surface area contributed by atoms with Crippen LogP contribution in [0.1, 0.15) is 21.5 Å². The number of hydrogen-bond acceptors (Lipinski definition) is 6. The predicted octanol–water partition coefficient (Wildman–Crippen LogP) is 0.989. The lowest BCUT2D eigenvalue weighted by Gasteiger charge is -2.12. The molecule has 2 aromatic rings. The highest BCUT2D eigenvalue weighted by atomic mass is 16.4. The second-order valence-corrected chi connectivity index (χ2v) is 5.02. The van der Waals surface area contributed by atoms with E-state index in [2.05, 4.69) is 0 Å². The number of carboxylic acids is 1. The van der Waals surface area contributed by atoms with E-state index >= 15 is 0 Å². The molecule has 0 amide bonds. The minimum atomic E-state index is -1.22. The van der Waals surface area contributed by atoms with Crippen molar-refractivity contribution in [2.45, 2.75) is 12.5 Å². The second-order valence-electron chi connectivity index (χ2n) is 5.02. The SMILES string of the molecule is NC(Cc1ccc(O)cc1C(=O)c1ccc(O)cc1O)C(=O)O. The Bertz CT molecular complexity index is 771. The van der Waals surface area contributed by atoms with Gasteiger partial charge in [-0.1, -0.05) is 6.07 Å². The number of carbonyl (C=O) groups is 2. The molecular formula is C16H15NO6. The molecule has 0 saturated carbocycles. The first-order valence-electron chi connectivity index (χ1n) is 6.66. The van der Waals surface area contributed by atoms with Crippen molar-refractivity contribution in [2.75, 3.05) is 0 Å². The van der Waals surface area contributed by atoms with E-state index in [0.717, 1.165) is 6.07 Å². The first-order chi connectivity index (χ1) is 10.8. The summed E-state index contributed by atoms with van der Waals surface area (Å²) in [6.07, 6.45) is -0.116. The molecular weight excluding hydrogens is 302 g/mol. The van der Waals surface area contributed by atoms with E-state index in [1.54, 1.807) is 0 Å². The number of benzene rings is 2. The maximum atomic E-state index is 12.6. The molecule has 0 aromatic heterocycles. The third-order valence-corrected chi connectivity index (χ3v) is 3.32. The van der Waals surface area contributed by atoms with Gasteiger partial charge in [-0.2, -0.15) is 0 Å². The number of phenols is 3. The van der Waals surface area contributed by atoms with Gasteiger partial charge in [-0.05, 0) is 36.2 Å². The number of rotatable bonds is 5. The Morgan fingerprint density at radius 1 is 0.957 bits per heavy atom. The molecule has 0 spiro atoms. The van der Waals surface area contributed by atoms with Crippen molar-refractivity contribution < 1.29 is 30.0 Å². The molecule has 7 heteroatoms. The first-order valence-corrected chi connectivity index (χ1v) is 6.66. The minimum Gasteiger partial charge on any atom is -0.508 e. The fraction of sp³-hybridized carbons (Fsp3) is 0.125.